The van der Waals surface area contributed by atoms with E-state index in [1.54, 1.807) is 0 Å². The Kier molecular flexibility index (Phi) is 5.33. The van der Waals surface area contributed by atoms with Gasteiger partial charge in [0.2, 0.25) is 5.91 Å². The highest BCUT2D eigenvalue weighted by Crippen LogP contribution is 2.09. The highest BCUT2D eigenvalue weighted by molar-refractivity contribution is 7.99. The minimum Gasteiger partial charge on any atom is -0.356 e. The van der Waals surface area contributed by atoms with Gasteiger partial charge in [-0.2, -0.15) is 11.8 Å². The zero-order chi connectivity index (χ0) is 10.4. The first-order chi connectivity index (χ1) is 6.68. The van der Waals surface area contributed by atoms with Crippen LogP contribution >= 0.6 is 11.8 Å². The number of rotatable bonds is 4. The van der Waals surface area contributed by atoms with Gasteiger partial charge in [0.1, 0.15) is 0 Å². The molecule has 0 aromatic carbocycles. The fourth-order valence-electron chi connectivity index (χ4n) is 1.36. The van der Waals surface area contributed by atoms with Crippen LogP contribution in [-0.4, -0.2) is 36.5 Å². The molecule has 0 saturated carbocycles. The van der Waals surface area contributed by atoms with Crippen molar-refractivity contribution >= 4 is 17.7 Å². The Hall–Kier alpha value is -0.220. The van der Waals surface area contributed by atoms with Gasteiger partial charge in [0.25, 0.3) is 0 Å². The predicted molar refractivity (Wildman–Crippen MR) is 61.6 cm³/mol. The third-order valence-corrected chi connectivity index (χ3v) is 3.27. The van der Waals surface area contributed by atoms with Crippen LogP contribution in [0.1, 0.15) is 20.3 Å². The first-order valence-electron chi connectivity index (χ1n) is 5.26. The molecule has 1 aliphatic rings. The van der Waals surface area contributed by atoms with E-state index < -0.39 is 0 Å². The fourth-order valence-corrected chi connectivity index (χ4v) is 2.31. The second-order valence-corrected chi connectivity index (χ2v) is 5.28. The van der Waals surface area contributed by atoms with E-state index in [2.05, 4.69) is 24.5 Å². The number of amides is 1. The summed E-state index contributed by atoms with van der Waals surface area (Å²) in [4.78, 5) is 11.5. The molecule has 3 nitrogen and oxygen atoms in total. The van der Waals surface area contributed by atoms with Gasteiger partial charge in [-0.1, -0.05) is 13.8 Å². The van der Waals surface area contributed by atoms with Crippen molar-refractivity contribution in [3.63, 3.8) is 0 Å². The molecule has 0 aromatic rings. The van der Waals surface area contributed by atoms with Gasteiger partial charge in [0.15, 0.2) is 0 Å². The topological polar surface area (TPSA) is 41.1 Å². The monoisotopic (exact) mass is 216 g/mol. The van der Waals surface area contributed by atoms with Crippen LogP contribution in [0.4, 0.5) is 0 Å². The van der Waals surface area contributed by atoms with E-state index in [0.29, 0.717) is 18.4 Å². The summed E-state index contributed by atoms with van der Waals surface area (Å²) in [7, 11) is 0. The van der Waals surface area contributed by atoms with Gasteiger partial charge in [-0.15, -0.1) is 0 Å². The summed E-state index contributed by atoms with van der Waals surface area (Å²) in [6.07, 6.45) is 0.625. The number of carbonyl (C=O) groups is 1. The number of hydrogen-bond donors (Lipinski definition) is 2. The van der Waals surface area contributed by atoms with E-state index in [-0.39, 0.29) is 5.91 Å². The molecule has 1 fully saturated rings. The highest BCUT2D eigenvalue weighted by atomic mass is 32.2. The van der Waals surface area contributed by atoms with Crippen molar-refractivity contribution in [1.29, 1.82) is 0 Å². The largest absolute Gasteiger partial charge is 0.356 e. The maximum absolute atomic E-state index is 11.5. The Morgan fingerprint density at radius 1 is 1.64 bits per heavy atom. The summed E-state index contributed by atoms with van der Waals surface area (Å²) in [6.45, 7) is 6.04. The minimum absolute atomic E-state index is 0.179. The maximum Gasteiger partial charge on any atom is 0.221 e. The second-order valence-electron chi connectivity index (χ2n) is 4.13. The Bertz CT molecular complexity index is 179. The Morgan fingerprint density at radius 2 is 2.43 bits per heavy atom. The average Bonchev–Trinajstić information content (AvgIpc) is 2.16. The molecule has 0 spiro atoms. The predicted octanol–water partition coefficient (Wildman–Crippen LogP) is 0.854. The zero-order valence-electron chi connectivity index (χ0n) is 9.01. The zero-order valence-corrected chi connectivity index (χ0v) is 9.82. The van der Waals surface area contributed by atoms with Gasteiger partial charge in [-0.25, -0.2) is 0 Å². The third kappa shape index (κ3) is 4.86. The van der Waals surface area contributed by atoms with Gasteiger partial charge in [0.05, 0.1) is 0 Å². The van der Waals surface area contributed by atoms with Gasteiger partial charge in [-0.3, -0.25) is 4.79 Å². The van der Waals surface area contributed by atoms with Crippen LogP contribution in [-0.2, 0) is 4.79 Å². The Morgan fingerprint density at radius 3 is 3.00 bits per heavy atom. The van der Waals surface area contributed by atoms with Gasteiger partial charge < -0.3 is 10.6 Å². The minimum atomic E-state index is 0.179. The molecule has 0 aliphatic carbocycles. The molecule has 1 saturated heterocycles. The molecule has 4 heteroatoms. The summed E-state index contributed by atoms with van der Waals surface area (Å²) in [6, 6.07) is 0.376. The van der Waals surface area contributed by atoms with E-state index >= 15 is 0 Å². The van der Waals surface area contributed by atoms with E-state index in [4.69, 9.17) is 0 Å². The maximum atomic E-state index is 11.5. The molecule has 14 heavy (non-hydrogen) atoms. The SMILES string of the molecule is CC(C)CNC(=O)CC1CSCCN1. The van der Waals surface area contributed by atoms with Crippen molar-refractivity contribution in [2.24, 2.45) is 5.92 Å². The van der Waals surface area contributed by atoms with E-state index in [1.807, 2.05) is 11.8 Å². The van der Waals surface area contributed by atoms with Crippen molar-refractivity contribution in [2.45, 2.75) is 26.3 Å². The van der Waals surface area contributed by atoms with E-state index in [1.165, 1.54) is 5.75 Å². The summed E-state index contributed by atoms with van der Waals surface area (Å²) in [5.41, 5.74) is 0. The molecule has 1 aliphatic heterocycles. The lowest BCUT2D eigenvalue weighted by Gasteiger charge is -2.22. The lowest BCUT2D eigenvalue weighted by atomic mass is 10.2. The Labute approximate surface area is 90.4 Å². The molecule has 0 aromatic heterocycles. The normalized spacial score (nSPS) is 22.4. The van der Waals surface area contributed by atoms with Crippen LogP contribution in [0.15, 0.2) is 0 Å². The molecular formula is C10H20N2OS. The number of carbonyl (C=O) groups excluding carboxylic acids is 1. The Balaban J connectivity index is 2.12. The third-order valence-electron chi connectivity index (χ3n) is 2.14. The average molecular weight is 216 g/mol. The molecular weight excluding hydrogens is 196 g/mol. The summed E-state index contributed by atoms with van der Waals surface area (Å²) < 4.78 is 0. The molecule has 1 heterocycles. The molecule has 0 radical (unpaired) electrons. The van der Waals surface area contributed by atoms with Crippen LogP contribution < -0.4 is 10.6 Å². The van der Waals surface area contributed by atoms with Gasteiger partial charge >= 0.3 is 0 Å². The van der Waals surface area contributed by atoms with Crippen LogP contribution in [0, 0.1) is 5.92 Å². The van der Waals surface area contributed by atoms with Crippen LogP contribution in [0.2, 0.25) is 0 Å². The van der Waals surface area contributed by atoms with Crippen molar-refractivity contribution < 1.29 is 4.79 Å². The molecule has 1 rings (SSSR count). The van der Waals surface area contributed by atoms with E-state index in [0.717, 1.165) is 18.8 Å². The van der Waals surface area contributed by atoms with Gasteiger partial charge in [0, 0.05) is 37.1 Å². The van der Waals surface area contributed by atoms with Crippen molar-refractivity contribution in [3.05, 3.63) is 0 Å². The van der Waals surface area contributed by atoms with Crippen LogP contribution in [0.25, 0.3) is 0 Å². The summed E-state index contributed by atoms with van der Waals surface area (Å²) in [5.74, 6) is 2.95. The highest BCUT2D eigenvalue weighted by Gasteiger charge is 2.16. The smallest absolute Gasteiger partial charge is 0.221 e. The van der Waals surface area contributed by atoms with E-state index in [9.17, 15) is 4.79 Å². The van der Waals surface area contributed by atoms with Crippen molar-refractivity contribution in [3.8, 4) is 0 Å². The van der Waals surface area contributed by atoms with Gasteiger partial charge in [-0.05, 0) is 5.92 Å². The first kappa shape index (κ1) is 11.9. The fraction of sp³-hybridized carbons (Fsp3) is 0.900. The molecule has 2 N–H and O–H groups in total. The van der Waals surface area contributed by atoms with Crippen LogP contribution in [0.3, 0.4) is 0 Å². The molecule has 1 atom stereocenters. The molecule has 0 bridgehead atoms. The lowest BCUT2D eigenvalue weighted by molar-refractivity contribution is -0.121. The standard InChI is InChI=1S/C10H20N2OS/c1-8(2)6-12-10(13)5-9-7-14-4-3-11-9/h8-9,11H,3-7H2,1-2H3,(H,12,13). The first-order valence-corrected chi connectivity index (χ1v) is 6.41. The lowest BCUT2D eigenvalue weighted by Crippen LogP contribution is -2.41. The van der Waals surface area contributed by atoms with Crippen LogP contribution in [0.5, 0.6) is 0 Å². The molecule has 1 unspecified atom stereocenters. The van der Waals surface area contributed by atoms with Crippen molar-refractivity contribution in [2.75, 3.05) is 24.6 Å². The summed E-state index contributed by atoms with van der Waals surface area (Å²) in [5, 5.41) is 6.30. The summed E-state index contributed by atoms with van der Waals surface area (Å²) >= 11 is 1.93. The second kappa shape index (κ2) is 6.30. The number of hydrogen-bond acceptors (Lipinski definition) is 3. The van der Waals surface area contributed by atoms with Crippen molar-refractivity contribution in [1.82, 2.24) is 10.6 Å². The quantitative estimate of drug-likeness (QED) is 0.732. The number of nitrogens with one attached hydrogen (secondary N) is 2. The molecule has 82 valence electrons. The number of thioether (sulfide) groups is 1. The molecule has 1 amide bonds.